The van der Waals surface area contributed by atoms with Crippen LogP contribution in [-0.2, 0) is 4.79 Å². The number of carbonyl (C=O) groups is 1. The third-order valence-corrected chi connectivity index (χ3v) is 5.85. The molecule has 3 atom stereocenters. The van der Waals surface area contributed by atoms with Crippen LogP contribution in [0.25, 0.3) is 0 Å². The van der Waals surface area contributed by atoms with Crippen LogP contribution in [0.3, 0.4) is 0 Å². The molecule has 0 aromatic carbocycles. The number of thioether (sulfide) groups is 1. The first-order valence-corrected chi connectivity index (χ1v) is 7.78. The van der Waals surface area contributed by atoms with Gasteiger partial charge in [0.15, 0.2) is 0 Å². The van der Waals surface area contributed by atoms with E-state index in [4.69, 9.17) is 0 Å². The van der Waals surface area contributed by atoms with Crippen molar-refractivity contribution in [2.24, 2.45) is 0 Å². The minimum atomic E-state index is -0.611. The van der Waals surface area contributed by atoms with E-state index in [0.29, 0.717) is 11.3 Å². The average Bonchev–Trinajstić information content (AvgIpc) is 2.74. The number of carboxylic acids is 1. The van der Waals surface area contributed by atoms with Gasteiger partial charge in [-0.2, -0.15) is 11.8 Å². The van der Waals surface area contributed by atoms with Gasteiger partial charge >= 0.3 is 5.97 Å². The van der Waals surface area contributed by atoms with E-state index in [-0.39, 0.29) is 0 Å². The number of hydrogen-bond acceptors (Lipinski definition) is 3. The second kappa shape index (κ2) is 5.19. The number of likely N-dealkylation sites (tertiary alicyclic amines) is 1. The summed E-state index contributed by atoms with van der Waals surface area (Å²) in [5.41, 5.74) is -0.573. The van der Waals surface area contributed by atoms with Crippen LogP contribution in [0.5, 0.6) is 0 Å². The maximum Gasteiger partial charge on any atom is 0.324 e. The van der Waals surface area contributed by atoms with Crippen LogP contribution in [0, 0.1) is 0 Å². The van der Waals surface area contributed by atoms with Crippen LogP contribution in [0.15, 0.2) is 0 Å². The lowest BCUT2D eigenvalue weighted by Crippen LogP contribution is -2.57. The molecule has 2 aliphatic heterocycles. The van der Waals surface area contributed by atoms with Gasteiger partial charge in [0.1, 0.15) is 5.54 Å². The van der Waals surface area contributed by atoms with Crippen LogP contribution in [-0.4, -0.2) is 45.1 Å². The van der Waals surface area contributed by atoms with Gasteiger partial charge < -0.3 is 5.11 Å². The van der Waals surface area contributed by atoms with Crippen molar-refractivity contribution < 1.29 is 9.90 Å². The molecule has 0 amide bonds. The maximum atomic E-state index is 11.7. The van der Waals surface area contributed by atoms with Crippen molar-refractivity contribution in [1.82, 2.24) is 4.90 Å². The van der Waals surface area contributed by atoms with Crippen LogP contribution < -0.4 is 0 Å². The number of hydrogen-bond donors (Lipinski definition) is 1. The Labute approximate surface area is 108 Å². The van der Waals surface area contributed by atoms with E-state index in [0.717, 1.165) is 25.8 Å². The first-order chi connectivity index (χ1) is 8.12. The zero-order chi connectivity index (χ0) is 12.5. The molecule has 0 saturated carbocycles. The summed E-state index contributed by atoms with van der Waals surface area (Å²) in [4.78, 5) is 14.0. The van der Waals surface area contributed by atoms with Crippen LogP contribution in [0.1, 0.15) is 46.0 Å². The van der Waals surface area contributed by atoms with Crippen molar-refractivity contribution in [3.05, 3.63) is 0 Å². The van der Waals surface area contributed by atoms with Gasteiger partial charge in [-0.25, -0.2) is 0 Å². The summed E-state index contributed by atoms with van der Waals surface area (Å²) in [6.45, 7) is 5.25. The predicted molar refractivity (Wildman–Crippen MR) is 71.5 cm³/mol. The van der Waals surface area contributed by atoms with Crippen molar-refractivity contribution >= 4 is 17.7 Å². The van der Waals surface area contributed by atoms with Gasteiger partial charge in [-0.3, -0.25) is 9.69 Å². The van der Waals surface area contributed by atoms with Gasteiger partial charge in [0.05, 0.1) is 0 Å². The van der Waals surface area contributed by atoms with Crippen LogP contribution in [0.2, 0.25) is 0 Å². The topological polar surface area (TPSA) is 40.5 Å². The Kier molecular flexibility index (Phi) is 4.03. The average molecular weight is 257 g/mol. The Bertz CT molecular complexity index is 297. The second-order valence-corrected chi connectivity index (χ2v) is 6.76. The highest BCUT2D eigenvalue weighted by molar-refractivity contribution is 7.99. The molecule has 0 radical (unpaired) electrons. The largest absolute Gasteiger partial charge is 0.480 e. The third kappa shape index (κ3) is 2.22. The standard InChI is InChI=1S/C13H23NO2S/c1-3-13(12(15)16)7-5-8-14(13)11-6-4-9-17-10(11)2/h10-11H,3-9H2,1-2H3,(H,15,16). The normalized spacial score (nSPS) is 39.4. The molecule has 0 aliphatic carbocycles. The Balaban J connectivity index is 2.20. The van der Waals surface area contributed by atoms with Crippen LogP contribution in [0.4, 0.5) is 0 Å². The van der Waals surface area contributed by atoms with E-state index in [1.54, 1.807) is 0 Å². The van der Waals surface area contributed by atoms with E-state index >= 15 is 0 Å². The van der Waals surface area contributed by atoms with Gasteiger partial charge in [0, 0.05) is 11.3 Å². The molecule has 2 fully saturated rings. The molecular formula is C13H23NO2S. The zero-order valence-electron chi connectivity index (χ0n) is 10.8. The monoisotopic (exact) mass is 257 g/mol. The lowest BCUT2D eigenvalue weighted by atomic mass is 9.90. The summed E-state index contributed by atoms with van der Waals surface area (Å²) in [7, 11) is 0. The highest BCUT2D eigenvalue weighted by atomic mass is 32.2. The Morgan fingerprint density at radius 1 is 1.53 bits per heavy atom. The summed E-state index contributed by atoms with van der Waals surface area (Å²) in [6, 6.07) is 0.465. The van der Waals surface area contributed by atoms with Gasteiger partial charge in [-0.1, -0.05) is 13.8 Å². The summed E-state index contributed by atoms with van der Waals surface area (Å²) in [5, 5.41) is 10.2. The van der Waals surface area contributed by atoms with Gasteiger partial charge in [0.2, 0.25) is 0 Å². The second-order valence-electron chi connectivity index (χ2n) is 5.27. The Morgan fingerprint density at radius 2 is 2.29 bits per heavy atom. The molecule has 2 aliphatic rings. The lowest BCUT2D eigenvalue weighted by Gasteiger charge is -2.43. The minimum absolute atomic E-state index is 0.465. The molecule has 3 unspecified atom stereocenters. The van der Waals surface area contributed by atoms with E-state index in [1.807, 2.05) is 18.7 Å². The van der Waals surface area contributed by atoms with Crippen molar-refractivity contribution in [2.45, 2.75) is 62.8 Å². The number of nitrogens with zero attached hydrogens (tertiary/aromatic N) is 1. The zero-order valence-corrected chi connectivity index (χ0v) is 11.6. The molecule has 2 heterocycles. The number of carboxylic acid groups (broad SMARTS) is 1. The SMILES string of the molecule is CCC1(C(=O)O)CCCN1C1CCCSC1C. The van der Waals surface area contributed by atoms with Gasteiger partial charge in [0.25, 0.3) is 0 Å². The molecule has 4 heteroatoms. The molecule has 2 rings (SSSR count). The van der Waals surface area contributed by atoms with E-state index < -0.39 is 11.5 Å². The van der Waals surface area contributed by atoms with E-state index in [9.17, 15) is 9.90 Å². The first kappa shape index (κ1) is 13.2. The molecule has 0 aromatic heterocycles. The third-order valence-electron chi connectivity index (χ3n) is 4.49. The molecule has 0 bridgehead atoms. The molecule has 1 N–H and O–H groups in total. The van der Waals surface area contributed by atoms with Crippen molar-refractivity contribution in [3.8, 4) is 0 Å². The highest BCUT2D eigenvalue weighted by Crippen LogP contribution is 2.40. The summed E-state index contributed by atoms with van der Waals surface area (Å²) in [5.74, 6) is 0.623. The highest BCUT2D eigenvalue weighted by Gasteiger charge is 2.49. The molecule has 17 heavy (non-hydrogen) atoms. The smallest absolute Gasteiger partial charge is 0.324 e. The first-order valence-electron chi connectivity index (χ1n) is 6.73. The lowest BCUT2D eigenvalue weighted by molar-refractivity contribution is -0.151. The van der Waals surface area contributed by atoms with Gasteiger partial charge in [-0.05, 0) is 44.4 Å². The fraction of sp³-hybridized carbons (Fsp3) is 0.923. The molecular weight excluding hydrogens is 234 g/mol. The predicted octanol–water partition coefficient (Wildman–Crippen LogP) is 2.60. The van der Waals surface area contributed by atoms with Crippen molar-refractivity contribution in [3.63, 3.8) is 0 Å². The molecule has 0 spiro atoms. The molecule has 3 nitrogen and oxygen atoms in total. The molecule has 2 saturated heterocycles. The summed E-state index contributed by atoms with van der Waals surface area (Å²) < 4.78 is 0. The van der Waals surface area contributed by atoms with E-state index in [2.05, 4.69) is 11.8 Å². The molecule has 0 aromatic rings. The van der Waals surface area contributed by atoms with E-state index in [1.165, 1.54) is 18.6 Å². The minimum Gasteiger partial charge on any atom is -0.480 e. The fourth-order valence-corrected chi connectivity index (χ4v) is 4.67. The quantitative estimate of drug-likeness (QED) is 0.843. The van der Waals surface area contributed by atoms with Crippen molar-refractivity contribution in [2.75, 3.05) is 12.3 Å². The number of rotatable bonds is 3. The van der Waals surface area contributed by atoms with Gasteiger partial charge in [-0.15, -0.1) is 0 Å². The Morgan fingerprint density at radius 3 is 2.88 bits per heavy atom. The van der Waals surface area contributed by atoms with Crippen molar-refractivity contribution in [1.29, 1.82) is 0 Å². The summed E-state index contributed by atoms with van der Waals surface area (Å²) >= 11 is 2.00. The number of aliphatic carboxylic acids is 1. The van der Waals surface area contributed by atoms with Crippen LogP contribution >= 0.6 is 11.8 Å². The Hall–Kier alpha value is -0.220. The maximum absolute atomic E-state index is 11.7. The molecule has 98 valence electrons. The fourth-order valence-electron chi connectivity index (χ4n) is 3.46. The summed E-state index contributed by atoms with van der Waals surface area (Å²) in [6.07, 6.45) is 5.00.